The normalized spacial score (nSPS) is 14.3. The second-order valence-corrected chi connectivity index (χ2v) is 5.42. The van der Waals surface area contributed by atoms with E-state index >= 15 is 0 Å². The molecule has 0 aliphatic heterocycles. The largest absolute Gasteiger partial charge is 0.398 e. The third-order valence-corrected chi connectivity index (χ3v) is 3.71. The number of benzene rings is 1. The molecule has 2 rings (SSSR count). The standard InChI is InChI=1S/C16H23N3/c1-4-11(2)9-12(3)19-16-6-5-15(17)14-10-18-8-7-13(14)16/h5-8,10-12,19H,4,9,17H2,1-3H3. The van der Waals surface area contributed by atoms with E-state index in [9.17, 15) is 0 Å². The Morgan fingerprint density at radius 3 is 2.74 bits per heavy atom. The lowest BCUT2D eigenvalue weighted by Gasteiger charge is -2.20. The lowest BCUT2D eigenvalue weighted by atomic mass is 10.00. The van der Waals surface area contributed by atoms with E-state index in [1.54, 1.807) is 0 Å². The van der Waals surface area contributed by atoms with Crippen molar-refractivity contribution in [3.8, 4) is 0 Å². The van der Waals surface area contributed by atoms with Crippen molar-refractivity contribution in [1.82, 2.24) is 4.98 Å². The van der Waals surface area contributed by atoms with Crippen molar-refractivity contribution in [1.29, 1.82) is 0 Å². The highest BCUT2D eigenvalue weighted by molar-refractivity contribution is 6.00. The molecule has 0 fully saturated rings. The zero-order valence-electron chi connectivity index (χ0n) is 12.0. The maximum absolute atomic E-state index is 5.99. The monoisotopic (exact) mass is 257 g/mol. The summed E-state index contributed by atoms with van der Waals surface area (Å²) in [5, 5.41) is 5.76. The number of anilines is 2. The Morgan fingerprint density at radius 1 is 1.21 bits per heavy atom. The molecule has 2 atom stereocenters. The molecule has 2 unspecified atom stereocenters. The average Bonchev–Trinajstić information content (AvgIpc) is 2.42. The number of nitrogens with two attached hydrogens (primary N) is 1. The Balaban J connectivity index is 2.24. The summed E-state index contributed by atoms with van der Waals surface area (Å²) in [6.45, 7) is 6.76. The van der Waals surface area contributed by atoms with Crippen molar-refractivity contribution in [3.05, 3.63) is 30.6 Å². The number of nitrogens with one attached hydrogen (secondary N) is 1. The van der Waals surface area contributed by atoms with E-state index in [-0.39, 0.29) is 0 Å². The third kappa shape index (κ3) is 3.16. The molecule has 0 spiro atoms. The predicted molar refractivity (Wildman–Crippen MR) is 83.3 cm³/mol. The van der Waals surface area contributed by atoms with E-state index in [1.165, 1.54) is 12.8 Å². The van der Waals surface area contributed by atoms with E-state index in [1.807, 2.05) is 24.5 Å². The van der Waals surface area contributed by atoms with E-state index in [4.69, 9.17) is 5.73 Å². The molecule has 3 N–H and O–H groups in total. The van der Waals surface area contributed by atoms with Crippen molar-refractivity contribution < 1.29 is 0 Å². The minimum absolute atomic E-state index is 0.454. The molecule has 0 saturated heterocycles. The van der Waals surface area contributed by atoms with Crippen LogP contribution >= 0.6 is 0 Å². The van der Waals surface area contributed by atoms with Crippen LogP contribution in [0.4, 0.5) is 11.4 Å². The van der Waals surface area contributed by atoms with Gasteiger partial charge < -0.3 is 11.1 Å². The first kappa shape index (κ1) is 13.7. The molecule has 0 amide bonds. The molecule has 0 aliphatic rings. The zero-order valence-corrected chi connectivity index (χ0v) is 12.0. The highest BCUT2D eigenvalue weighted by Crippen LogP contribution is 2.28. The smallest absolute Gasteiger partial charge is 0.0424 e. The van der Waals surface area contributed by atoms with Crippen molar-refractivity contribution in [3.63, 3.8) is 0 Å². The number of aromatic nitrogens is 1. The number of hydrogen-bond acceptors (Lipinski definition) is 3. The van der Waals surface area contributed by atoms with Crippen molar-refractivity contribution in [2.75, 3.05) is 11.1 Å². The molecule has 1 aromatic carbocycles. The Hall–Kier alpha value is -1.77. The first-order valence-electron chi connectivity index (χ1n) is 7.00. The summed E-state index contributed by atoms with van der Waals surface area (Å²) in [5.74, 6) is 0.740. The van der Waals surface area contributed by atoms with Gasteiger partial charge in [-0.1, -0.05) is 20.3 Å². The van der Waals surface area contributed by atoms with Crippen LogP contribution in [0.25, 0.3) is 10.8 Å². The van der Waals surface area contributed by atoms with Crippen LogP contribution in [-0.4, -0.2) is 11.0 Å². The molecule has 0 bridgehead atoms. The topological polar surface area (TPSA) is 50.9 Å². The van der Waals surface area contributed by atoms with Crippen LogP contribution in [0.2, 0.25) is 0 Å². The van der Waals surface area contributed by atoms with Gasteiger partial charge in [-0.15, -0.1) is 0 Å². The summed E-state index contributed by atoms with van der Waals surface area (Å²) in [6, 6.07) is 6.48. The summed E-state index contributed by atoms with van der Waals surface area (Å²) in [5.41, 5.74) is 7.91. The summed E-state index contributed by atoms with van der Waals surface area (Å²) in [7, 11) is 0. The maximum Gasteiger partial charge on any atom is 0.0424 e. The van der Waals surface area contributed by atoms with Crippen LogP contribution in [0.3, 0.4) is 0 Å². The minimum atomic E-state index is 0.454. The van der Waals surface area contributed by atoms with Crippen LogP contribution in [0.15, 0.2) is 30.6 Å². The van der Waals surface area contributed by atoms with Gasteiger partial charge in [-0.2, -0.15) is 0 Å². The van der Waals surface area contributed by atoms with Gasteiger partial charge in [0.15, 0.2) is 0 Å². The van der Waals surface area contributed by atoms with Gasteiger partial charge in [0.2, 0.25) is 0 Å². The first-order valence-corrected chi connectivity index (χ1v) is 7.00. The van der Waals surface area contributed by atoms with Crippen LogP contribution in [0.1, 0.15) is 33.6 Å². The fraction of sp³-hybridized carbons (Fsp3) is 0.438. The van der Waals surface area contributed by atoms with Crippen LogP contribution in [0, 0.1) is 5.92 Å². The summed E-state index contributed by atoms with van der Waals surface area (Å²) in [4.78, 5) is 4.15. The number of hydrogen-bond donors (Lipinski definition) is 2. The molecule has 3 heteroatoms. The minimum Gasteiger partial charge on any atom is -0.398 e. The SMILES string of the molecule is CCC(C)CC(C)Nc1ccc(N)c2cnccc12. The molecule has 2 aromatic rings. The fourth-order valence-corrected chi connectivity index (χ4v) is 2.43. The Labute approximate surface area is 115 Å². The predicted octanol–water partition coefficient (Wildman–Crippen LogP) is 4.05. The number of rotatable bonds is 5. The van der Waals surface area contributed by atoms with Crippen LogP contribution in [-0.2, 0) is 0 Å². The molecule has 1 heterocycles. The van der Waals surface area contributed by atoms with Crippen molar-refractivity contribution in [2.24, 2.45) is 5.92 Å². The molecule has 0 saturated carbocycles. The molecular weight excluding hydrogens is 234 g/mol. The summed E-state index contributed by atoms with van der Waals surface area (Å²) >= 11 is 0. The molecule has 102 valence electrons. The van der Waals surface area contributed by atoms with E-state index < -0.39 is 0 Å². The molecule has 3 nitrogen and oxygen atoms in total. The number of fused-ring (bicyclic) bond motifs is 1. The van der Waals surface area contributed by atoms with Gasteiger partial charge in [0.1, 0.15) is 0 Å². The van der Waals surface area contributed by atoms with Crippen molar-refractivity contribution in [2.45, 2.75) is 39.7 Å². The average molecular weight is 257 g/mol. The molecule has 0 aliphatic carbocycles. The summed E-state index contributed by atoms with van der Waals surface area (Å²) in [6.07, 6.45) is 6.04. The van der Waals surface area contributed by atoms with Gasteiger partial charge in [-0.3, -0.25) is 4.98 Å². The van der Waals surface area contributed by atoms with Crippen LogP contribution < -0.4 is 11.1 Å². The number of pyridine rings is 1. The Bertz CT molecular complexity index is 551. The molecule has 19 heavy (non-hydrogen) atoms. The third-order valence-electron chi connectivity index (χ3n) is 3.71. The highest BCUT2D eigenvalue weighted by atomic mass is 14.9. The highest BCUT2D eigenvalue weighted by Gasteiger charge is 2.09. The first-order chi connectivity index (χ1) is 9.11. The lowest BCUT2D eigenvalue weighted by molar-refractivity contribution is 0.484. The number of nitrogen functional groups attached to an aromatic ring is 1. The quantitative estimate of drug-likeness (QED) is 0.794. The van der Waals surface area contributed by atoms with E-state index in [2.05, 4.69) is 37.1 Å². The lowest BCUT2D eigenvalue weighted by Crippen LogP contribution is -2.18. The van der Waals surface area contributed by atoms with Crippen molar-refractivity contribution >= 4 is 22.1 Å². The Kier molecular flexibility index (Phi) is 4.25. The van der Waals surface area contributed by atoms with Gasteiger partial charge in [0.25, 0.3) is 0 Å². The molecular formula is C16H23N3. The van der Waals surface area contributed by atoms with E-state index in [0.29, 0.717) is 6.04 Å². The van der Waals surface area contributed by atoms with Gasteiger partial charge in [-0.05, 0) is 37.5 Å². The fourth-order valence-electron chi connectivity index (χ4n) is 2.43. The van der Waals surface area contributed by atoms with Gasteiger partial charge in [-0.25, -0.2) is 0 Å². The maximum atomic E-state index is 5.99. The molecule has 0 radical (unpaired) electrons. The zero-order chi connectivity index (χ0) is 13.8. The number of nitrogens with zero attached hydrogens (tertiary/aromatic N) is 1. The van der Waals surface area contributed by atoms with E-state index in [0.717, 1.165) is 28.1 Å². The van der Waals surface area contributed by atoms with Gasteiger partial charge in [0, 0.05) is 40.6 Å². The second kappa shape index (κ2) is 5.91. The van der Waals surface area contributed by atoms with Crippen LogP contribution in [0.5, 0.6) is 0 Å². The Morgan fingerprint density at radius 2 is 2.00 bits per heavy atom. The summed E-state index contributed by atoms with van der Waals surface area (Å²) < 4.78 is 0. The van der Waals surface area contributed by atoms with Gasteiger partial charge in [0.05, 0.1) is 0 Å². The van der Waals surface area contributed by atoms with Gasteiger partial charge >= 0.3 is 0 Å². The second-order valence-electron chi connectivity index (χ2n) is 5.42. The molecule has 1 aromatic heterocycles.